The summed E-state index contributed by atoms with van der Waals surface area (Å²) in [6.45, 7) is 6.37. The molecule has 0 bridgehead atoms. The highest BCUT2D eigenvalue weighted by Crippen LogP contribution is 2.32. The minimum Gasteiger partial charge on any atom is -0.385 e. The minimum atomic E-state index is -0.203. The van der Waals surface area contributed by atoms with Gasteiger partial charge in [0.25, 0.3) is 0 Å². The molecule has 0 saturated carbocycles. The molecule has 8 heteroatoms. The number of hydrogen-bond acceptors (Lipinski definition) is 5. The molecule has 2 aliphatic rings. The number of ether oxygens (including phenoxy) is 1. The van der Waals surface area contributed by atoms with Gasteiger partial charge in [-0.15, -0.1) is 0 Å². The third-order valence-corrected chi connectivity index (χ3v) is 6.12. The maximum Gasteiger partial charge on any atom is 0.234 e. The number of carbonyl (C=O) groups is 3. The maximum absolute atomic E-state index is 13.1. The van der Waals surface area contributed by atoms with E-state index < -0.39 is 0 Å². The fourth-order valence-electron chi connectivity index (χ4n) is 4.40. The monoisotopic (exact) mass is 430 g/mol. The van der Waals surface area contributed by atoms with Crippen LogP contribution in [0.5, 0.6) is 0 Å². The van der Waals surface area contributed by atoms with Gasteiger partial charge in [0, 0.05) is 59.9 Å². The Morgan fingerprint density at radius 2 is 1.84 bits per heavy atom. The van der Waals surface area contributed by atoms with Gasteiger partial charge in [0.15, 0.2) is 0 Å². The number of methoxy groups -OCH3 is 1. The van der Waals surface area contributed by atoms with Gasteiger partial charge in [-0.1, -0.05) is 24.3 Å². The van der Waals surface area contributed by atoms with Crippen molar-refractivity contribution < 1.29 is 19.1 Å². The zero-order valence-electron chi connectivity index (χ0n) is 18.6. The Kier molecular flexibility index (Phi) is 8.43. The number of fused-ring (bicyclic) bond motifs is 1. The van der Waals surface area contributed by atoms with Gasteiger partial charge in [0.05, 0.1) is 19.0 Å². The predicted molar refractivity (Wildman–Crippen MR) is 117 cm³/mol. The second kappa shape index (κ2) is 11.2. The molecule has 2 heterocycles. The van der Waals surface area contributed by atoms with Gasteiger partial charge in [-0.25, -0.2) is 0 Å². The lowest BCUT2D eigenvalue weighted by Crippen LogP contribution is -2.52. The van der Waals surface area contributed by atoms with Crippen molar-refractivity contribution >= 4 is 17.7 Å². The number of hydrogen-bond donors (Lipinski definition) is 1. The van der Waals surface area contributed by atoms with Crippen LogP contribution in [0, 0.1) is 0 Å². The molecule has 31 heavy (non-hydrogen) atoms. The van der Waals surface area contributed by atoms with Crippen molar-refractivity contribution in [2.24, 2.45) is 0 Å². The summed E-state index contributed by atoms with van der Waals surface area (Å²) in [5, 5.41) is 2.90. The molecule has 1 N–H and O–H groups in total. The molecule has 8 nitrogen and oxygen atoms in total. The second-order valence-corrected chi connectivity index (χ2v) is 8.23. The Hall–Kier alpha value is -2.45. The van der Waals surface area contributed by atoms with E-state index in [-0.39, 0.29) is 23.8 Å². The average molecular weight is 431 g/mol. The lowest BCUT2D eigenvalue weighted by atomic mass is 9.90. The van der Waals surface area contributed by atoms with Crippen molar-refractivity contribution in [3.8, 4) is 0 Å². The largest absolute Gasteiger partial charge is 0.385 e. The number of carbonyl (C=O) groups excluding carboxylic acids is 3. The van der Waals surface area contributed by atoms with E-state index in [1.165, 1.54) is 5.56 Å². The smallest absolute Gasteiger partial charge is 0.234 e. The molecule has 0 aromatic heterocycles. The number of nitrogens with zero attached hydrogens (tertiary/aromatic N) is 3. The third-order valence-electron chi connectivity index (χ3n) is 6.12. The Morgan fingerprint density at radius 3 is 2.55 bits per heavy atom. The van der Waals surface area contributed by atoms with Crippen LogP contribution < -0.4 is 5.32 Å². The number of amides is 3. The number of rotatable bonds is 8. The second-order valence-electron chi connectivity index (χ2n) is 8.23. The van der Waals surface area contributed by atoms with E-state index in [2.05, 4.69) is 16.3 Å². The van der Waals surface area contributed by atoms with Crippen LogP contribution in [0.3, 0.4) is 0 Å². The highest BCUT2D eigenvalue weighted by molar-refractivity contribution is 5.80. The van der Waals surface area contributed by atoms with Crippen LogP contribution in [0.25, 0.3) is 0 Å². The molecule has 1 unspecified atom stereocenters. The van der Waals surface area contributed by atoms with Crippen molar-refractivity contribution in [2.45, 2.75) is 32.2 Å². The molecule has 1 atom stereocenters. The molecular formula is C23H34N4O4. The summed E-state index contributed by atoms with van der Waals surface area (Å²) < 4.78 is 4.98. The molecular weight excluding hydrogens is 396 g/mol. The first-order valence-electron chi connectivity index (χ1n) is 11.1. The molecule has 1 aromatic rings. The van der Waals surface area contributed by atoms with Crippen LogP contribution in [-0.2, 0) is 25.5 Å². The normalized spacial score (nSPS) is 19.1. The van der Waals surface area contributed by atoms with Gasteiger partial charge in [0.1, 0.15) is 0 Å². The van der Waals surface area contributed by atoms with Gasteiger partial charge in [-0.05, 0) is 24.0 Å². The lowest BCUT2D eigenvalue weighted by molar-refractivity contribution is -0.137. The Balaban J connectivity index is 1.50. The zero-order chi connectivity index (χ0) is 22.2. The van der Waals surface area contributed by atoms with E-state index in [1.54, 1.807) is 14.0 Å². The molecule has 3 amide bonds. The zero-order valence-corrected chi connectivity index (χ0v) is 18.6. The Labute approximate surface area is 184 Å². The number of piperazine rings is 1. The van der Waals surface area contributed by atoms with Crippen LogP contribution in [0.2, 0.25) is 0 Å². The number of benzene rings is 1. The molecule has 2 aliphatic heterocycles. The van der Waals surface area contributed by atoms with Crippen LogP contribution >= 0.6 is 0 Å². The summed E-state index contributed by atoms with van der Waals surface area (Å²) in [5.41, 5.74) is 2.31. The molecule has 3 rings (SSSR count). The number of nitrogens with one attached hydrogen (secondary N) is 1. The predicted octanol–water partition coefficient (Wildman–Crippen LogP) is 0.819. The van der Waals surface area contributed by atoms with Crippen LogP contribution in [0.4, 0.5) is 0 Å². The first-order valence-corrected chi connectivity index (χ1v) is 11.1. The van der Waals surface area contributed by atoms with E-state index in [9.17, 15) is 14.4 Å². The highest BCUT2D eigenvalue weighted by atomic mass is 16.5. The fraction of sp³-hybridized carbons (Fsp3) is 0.609. The van der Waals surface area contributed by atoms with E-state index in [0.717, 1.165) is 18.4 Å². The van der Waals surface area contributed by atoms with Crippen molar-refractivity contribution in [2.75, 3.05) is 59.5 Å². The van der Waals surface area contributed by atoms with Gasteiger partial charge in [-0.3, -0.25) is 19.3 Å². The molecule has 1 fully saturated rings. The SMILES string of the molecule is COCCCNC(=O)CN1CCN(C(=O)CC2c3ccccc3CCN2C(C)=O)CC1. The van der Waals surface area contributed by atoms with Gasteiger partial charge in [-0.2, -0.15) is 0 Å². The quantitative estimate of drug-likeness (QED) is 0.618. The van der Waals surface area contributed by atoms with E-state index >= 15 is 0 Å². The Bertz CT molecular complexity index is 777. The molecule has 170 valence electrons. The highest BCUT2D eigenvalue weighted by Gasteiger charge is 2.32. The van der Waals surface area contributed by atoms with E-state index in [4.69, 9.17) is 4.74 Å². The van der Waals surface area contributed by atoms with Crippen LogP contribution in [-0.4, -0.2) is 92.0 Å². The molecule has 1 saturated heterocycles. The molecule has 0 aliphatic carbocycles. The van der Waals surface area contributed by atoms with Crippen molar-refractivity contribution in [1.29, 1.82) is 0 Å². The molecule has 1 aromatic carbocycles. The summed E-state index contributed by atoms with van der Waals surface area (Å²) in [7, 11) is 1.65. The van der Waals surface area contributed by atoms with E-state index in [0.29, 0.717) is 58.8 Å². The fourth-order valence-corrected chi connectivity index (χ4v) is 4.40. The van der Waals surface area contributed by atoms with Crippen LogP contribution in [0.1, 0.15) is 36.9 Å². The summed E-state index contributed by atoms with van der Waals surface area (Å²) in [5.74, 6) is 0.0806. The van der Waals surface area contributed by atoms with Crippen molar-refractivity contribution in [1.82, 2.24) is 20.0 Å². The summed E-state index contributed by atoms with van der Waals surface area (Å²) >= 11 is 0. The molecule has 0 spiro atoms. The van der Waals surface area contributed by atoms with Crippen molar-refractivity contribution in [3.63, 3.8) is 0 Å². The average Bonchev–Trinajstić information content (AvgIpc) is 2.77. The maximum atomic E-state index is 13.1. The third kappa shape index (κ3) is 6.27. The minimum absolute atomic E-state index is 0.00629. The summed E-state index contributed by atoms with van der Waals surface area (Å²) in [6, 6.07) is 7.90. The van der Waals surface area contributed by atoms with E-state index in [1.807, 2.05) is 28.0 Å². The van der Waals surface area contributed by atoms with Crippen LogP contribution in [0.15, 0.2) is 24.3 Å². The Morgan fingerprint density at radius 1 is 1.10 bits per heavy atom. The summed E-state index contributed by atoms with van der Waals surface area (Å²) in [4.78, 5) is 43.1. The van der Waals surface area contributed by atoms with Gasteiger partial charge < -0.3 is 19.9 Å². The standard InChI is InChI=1S/C23H34N4O4/c1-18(28)27-10-8-19-6-3-4-7-20(19)21(27)16-23(30)26-13-11-25(12-14-26)17-22(29)24-9-5-15-31-2/h3-4,6-7,21H,5,8-17H2,1-2H3,(H,24,29). The lowest BCUT2D eigenvalue weighted by Gasteiger charge is -2.39. The first kappa shape index (κ1) is 23.2. The van der Waals surface area contributed by atoms with Gasteiger partial charge in [0.2, 0.25) is 17.7 Å². The summed E-state index contributed by atoms with van der Waals surface area (Å²) in [6.07, 6.45) is 1.93. The van der Waals surface area contributed by atoms with Crippen molar-refractivity contribution in [3.05, 3.63) is 35.4 Å². The topological polar surface area (TPSA) is 82.2 Å². The first-order chi connectivity index (χ1) is 15.0. The molecule has 0 radical (unpaired) electrons. The van der Waals surface area contributed by atoms with Gasteiger partial charge >= 0.3 is 0 Å².